The second-order valence-electron chi connectivity index (χ2n) is 3.84. The molecule has 1 N–H and O–H groups in total. The van der Waals surface area contributed by atoms with E-state index in [4.69, 9.17) is 9.47 Å². The Hall–Kier alpha value is -0.900. The molecule has 3 heteroatoms. The largest absolute Gasteiger partial charge is 0.355 e. The summed E-state index contributed by atoms with van der Waals surface area (Å²) in [6.07, 6.45) is 0. The highest BCUT2D eigenvalue weighted by Gasteiger charge is 2.13. The third-order valence-corrected chi connectivity index (χ3v) is 2.48. The molecule has 2 rings (SSSR count). The van der Waals surface area contributed by atoms with Crippen LogP contribution in [0, 0.1) is 5.92 Å². The van der Waals surface area contributed by atoms with Gasteiger partial charge in [-0.1, -0.05) is 30.3 Å². The zero-order chi connectivity index (χ0) is 10.3. The molecule has 1 heterocycles. The maximum Gasteiger partial charge on any atom is 0.146 e. The summed E-state index contributed by atoms with van der Waals surface area (Å²) in [5.41, 5.74) is 1.31. The van der Waals surface area contributed by atoms with E-state index in [0.717, 1.165) is 26.3 Å². The van der Waals surface area contributed by atoms with Crippen molar-refractivity contribution in [2.75, 3.05) is 26.6 Å². The molecule has 0 saturated carbocycles. The van der Waals surface area contributed by atoms with E-state index < -0.39 is 0 Å². The molecule has 3 nitrogen and oxygen atoms in total. The van der Waals surface area contributed by atoms with Crippen LogP contribution in [-0.4, -0.2) is 26.6 Å². The van der Waals surface area contributed by atoms with Crippen LogP contribution in [0.2, 0.25) is 0 Å². The van der Waals surface area contributed by atoms with E-state index in [9.17, 15) is 0 Å². The van der Waals surface area contributed by atoms with E-state index >= 15 is 0 Å². The van der Waals surface area contributed by atoms with Crippen LogP contribution < -0.4 is 5.32 Å². The molecule has 82 valence electrons. The molecule has 1 aromatic carbocycles. The van der Waals surface area contributed by atoms with Gasteiger partial charge in [0.1, 0.15) is 6.79 Å². The fourth-order valence-electron chi connectivity index (χ4n) is 1.67. The van der Waals surface area contributed by atoms with Gasteiger partial charge in [0.2, 0.25) is 0 Å². The van der Waals surface area contributed by atoms with Gasteiger partial charge in [0.25, 0.3) is 0 Å². The van der Waals surface area contributed by atoms with E-state index in [1.54, 1.807) is 0 Å². The minimum absolute atomic E-state index is 0.454. The Morgan fingerprint density at radius 1 is 1.13 bits per heavy atom. The Bertz CT molecular complexity index is 270. The average Bonchev–Trinajstić information content (AvgIpc) is 2.32. The summed E-state index contributed by atoms with van der Waals surface area (Å²) in [5.74, 6) is 0.488. The molecule has 0 radical (unpaired) electrons. The first-order valence-electron chi connectivity index (χ1n) is 5.35. The summed E-state index contributed by atoms with van der Waals surface area (Å²) in [7, 11) is 0. The van der Waals surface area contributed by atoms with E-state index in [0.29, 0.717) is 12.7 Å². The van der Waals surface area contributed by atoms with Crippen LogP contribution in [-0.2, 0) is 16.0 Å². The smallest absolute Gasteiger partial charge is 0.146 e. The zero-order valence-electron chi connectivity index (χ0n) is 8.82. The number of nitrogens with one attached hydrogen (secondary N) is 1. The summed E-state index contributed by atoms with van der Waals surface area (Å²) in [5, 5.41) is 3.41. The van der Waals surface area contributed by atoms with Gasteiger partial charge >= 0.3 is 0 Å². The first-order valence-corrected chi connectivity index (χ1v) is 5.35. The lowest BCUT2D eigenvalue weighted by Crippen LogP contribution is -2.33. The molecule has 15 heavy (non-hydrogen) atoms. The predicted molar refractivity (Wildman–Crippen MR) is 58.4 cm³/mol. The van der Waals surface area contributed by atoms with Crippen molar-refractivity contribution in [3.05, 3.63) is 35.9 Å². The highest BCUT2D eigenvalue weighted by molar-refractivity contribution is 5.14. The second kappa shape index (κ2) is 5.85. The maximum atomic E-state index is 5.22. The number of hydrogen-bond acceptors (Lipinski definition) is 3. The van der Waals surface area contributed by atoms with Gasteiger partial charge in [-0.2, -0.15) is 0 Å². The molecular weight excluding hydrogens is 190 g/mol. The van der Waals surface area contributed by atoms with Crippen molar-refractivity contribution in [3.63, 3.8) is 0 Å². The molecule has 0 aliphatic carbocycles. The monoisotopic (exact) mass is 207 g/mol. The van der Waals surface area contributed by atoms with E-state index in [2.05, 4.69) is 29.6 Å². The van der Waals surface area contributed by atoms with Gasteiger partial charge < -0.3 is 14.8 Å². The number of benzene rings is 1. The van der Waals surface area contributed by atoms with E-state index in [1.165, 1.54) is 5.56 Å². The van der Waals surface area contributed by atoms with Gasteiger partial charge in [-0.15, -0.1) is 0 Å². The van der Waals surface area contributed by atoms with Gasteiger partial charge in [0.15, 0.2) is 0 Å². The van der Waals surface area contributed by atoms with Crippen LogP contribution in [0.15, 0.2) is 30.3 Å². The molecule has 1 aromatic rings. The molecular formula is C12H17NO2. The maximum absolute atomic E-state index is 5.22. The van der Waals surface area contributed by atoms with Crippen molar-refractivity contribution in [2.24, 2.45) is 5.92 Å². The van der Waals surface area contributed by atoms with Crippen molar-refractivity contribution in [3.8, 4) is 0 Å². The summed E-state index contributed by atoms with van der Waals surface area (Å²) in [6, 6.07) is 10.4. The molecule has 1 saturated heterocycles. The number of ether oxygens (including phenoxy) is 2. The van der Waals surface area contributed by atoms with Gasteiger partial charge in [-0.05, 0) is 5.56 Å². The Kier molecular flexibility index (Phi) is 4.14. The molecule has 0 spiro atoms. The molecule has 1 aliphatic heterocycles. The predicted octanol–water partition coefficient (Wildman–Crippen LogP) is 1.40. The standard InChI is InChI=1S/C12H17NO2/c1-2-4-11(5-3-1)6-13-7-12-8-14-10-15-9-12/h1-5,12-13H,6-10H2. The van der Waals surface area contributed by atoms with Crippen molar-refractivity contribution >= 4 is 0 Å². The summed E-state index contributed by atoms with van der Waals surface area (Å²) < 4.78 is 10.4. The molecule has 0 aromatic heterocycles. The fraction of sp³-hybridized carbons (Fsp3) is 0.500. The summed E-state index contributed by atoms with van der Waals surface area (Å²) in [4.78, 5) is 0. The number of rotatable bonds is 4. The quantitative estimate of drug-likeness (QED) is 0.809. The first kappa shape index (κ1) is 10.6. The highest BCUT2D eigenvalue weighted by Crippen LogP contribution is 2.04. The molecule has 0 bridgehead atoms. The molecule has 1 fully saturated rings. The lowest BCUT2D eigenvalue weighted by molar-refractivity contribution is -0.124. The van der Waals surface area contributed by atoms with Gasteiger partial charge in [0.05, 0.1) is 13.2 Å². The minimum atomic E-state index is 0.454. The summed E-state index contributed by atoms with van der Waals surface area (Å²) in [6.45, 7) is 3.94. The minimum Gasteiger partial charge on any atom is -0.355 e. The molecule has 0 atom stereocenters. The Balaban J connectivity index is 1.66. The fourth-order valence-corrected chi connectivity index (χ4v) is 1.67. The van der Waals surface area contributed by atoms with Crippen molar-refractivity contribution in [1.82, 2.24) is 5.32 Å². The van der Waals surface area contributed by atoms with Crippen molar-refractivity contribution < 1.29 is 9.47 Å². The molecule has 0 amide bonds. The topological polar surface area (TPSA) is 30.5 Å². The average molecular weight is 207 g/mol. The lowest BCUT2D eigenvalue weighted by Gasteiger charge is -2.22. The number of hydrogen-bond donors (Lipinski definition) is 1. The Morgan fingerprint density at radius 2 is 1.87 bits per heavy atom. The Morgan fingerprint density at radius 3 is 2.60 bits per heavy atom. The van der Waals surface area contributed by atoms with Crippen LogP contribution in [0.3, 0.4) is 0 Å². The SMILES string of the molecule is c1ccc(CNCC2COCOC2)cc1. The van der Waals surface area contributed by atoms with Crippen LogP contribution >= 0.6 is 0 Å². The first-order chi connectivity index (χ1) is 7.45. The highest BCUT2D eigenvalue weighted by atomic mass is 16.7. The van der Waals surface area contributed by atoms with E-state index in [1.807, 2.05) is 6.07 Å². The van der Waals surface area contributed by atoms with Gasteiger partial charge in [-0.3, -0.25) is 0 Å². The third kappa shape index (κ3) is 3.63. The molecule has 1 aliphatic rings. The van der Waals surface area contributed by atoms with Crippen LogP contribution in [0.5, 0.6) is 0 Å². The molecule has 0 unspecified atom stereocenters. The second-order valence-corrected chi connectivity index (χ2v) is 3.84. The lowest BCUT2D eigenvalue weighted by atomic mass is 10.1. The van der Waals surface area contributed by atoms with Gasteiger partial charge in [-0.25, -0.2) is 0 Å². The Labute approximate surface area is 90.4 Å². The normalized spacial score (nSPS) is 17.9. The van der Waals surface area contributed by atoms with E-state index in [-0.39, 0.29) is 0 Å². The van der Waals surface area contributed by atoms with Gasteiger partial charge in [0, 0.05) is 19.0 Å². The third-order valence-electron chi connectivity index (χ3n) is 2.48. The van der Waals surface area contributed by atoms with Crippen molar-refractivity contribution in [1.29, 1.82) is 0 Å². The van der Waals surface area contributed by atoms with Crippen molar-refractivity contribution in [2.45, 2.75) is 6.54 Å². The van der Waals surface area contributed by atoms with Crippen LogP contribution in [0.25, 0.3) is 0 Å². The van der Waals surface area contributed by atoms with Crippen LogP contribution in [0.4, 0.5) is 0 Å². The summed E-state index contributed by atoms with van der Waals surface area (Å²) >= 11 is 0. The van der Waals surface area contributed by atoms with Crippen LogP contribution in [0.1, 0.15) is 5.56 Å². The zero-order valence-corrected chi connectivity index (χ0v) is 8.82.